The number of aryl methyl sites for hydroxylation is 1. The van der Waals surface area contributed by atoms with Crippen LogP contribution < -0.4 is 4.72 Å². The molecular weight excluding hydrogens is 417 g/mol. The Kier molecular flexibility index (Phi) is 5.39. The van der Waals surface area contributed by atoms with E-state index in [0.717, 1.165) is 14.9 Å². The molecule has 0 radical (unpaired) electrons. The summed E-state index contributed by atoms with van der Waals surface area (Å²) in [6.45, 7) is 3.61. The first-order valence-electron chi connectivity index (χ1n) is 5.94. The Morgan fingerprint density at radius 1 is 1.24 bits per heavy atom. The molecule has 0 fully saturated rings. The lowest BCUT2D eigenvalue weighted by Crippen LogP contribution is -2.26. The molecule has 3 nitrogen and oxygen atoms in total. The normalized spacial score (nSPS) is 13.4. The fraction of sp³-hybridized carbons (Fsp3) is 0.231. The highest BCUT2D eigenvalue weighted by molar-refractivity contribution is 9.11. The van der Waals surface area contributed by atoms with Crippen LogP contribution in [0.3, 0.4) is 0 Å². The van der Waals surface area contributed by atoms with E-state index in [1.807, 2.05) is 6.92 Å². The van der Waals surface area contributed by atoms with Gasteiger partial charge in [0, 0.05) is 6.04 Å². The third-order valence-corrected chi connectivity index (χ3v) is 7.76. The van der Waals surface area contributed by atoms with Crippen molar-refractivity contribution in [2.24, 2.45) is 0 Å². The molecule has 1 heterocycles. The number of halogens is 3. The summed E-state index contributed by atoms with van der Waals surface area (Å²) in [6.07, 6.45) is 0. The van der Waals surface area contributed by atoms with Crippen molar-refractivity contribution in [1.82, 2.24) is 4.72 Å². The summed E-state index contributed by atoms with van der Waals surface area (Å²) >= 11 is 16.3. The molecule has 1 unspecified atom stereocenters. The minimum absolute atomic E-state index is 0.277. The topological polar surface area (TPSA) is 46.2 Å². The molecule has 1 atom stereocenters. The van der Waals surface area contributed by atoms with Crippen molar-refractivity contribution < 1.29 is 8.42 Å². The zero-order valence-corrected chi connectivity index (χ0v) is 15.9. The maximum atomic E-state index is 12.4. The van der Waals surface area contributed by atoms with Crippen molar-refractivity contribution in [2.75, 3.05) is 0 Å². The Bertz CT molecular complexity index is 755. The number of benzene rings is 1. The van der Waals surface area contributed by atoms with Crippen LogP contribution in [0.15, 0.2) is 32.3 Å². The Labute approximate surface area is 146 Å². The standard InChI is InChI=1S/C13H12BrCl2NO2S2/c1-7-5-12(20-13(7)14)21(18,19)17-8(2)9-3-4-10(15)11(16)6-9/h3-6,8,17H,1-2H3. The molecule has 0 spiro atoms. The van der Waals surface area contributed by atoms with Crippen molar-refractivity contribution in [1.29, 1.82) is 0 Å². The van der Waals surface area contributed by atoms with Crippen molar-refractivity contribution in [3.8, 4) is 0 Å². The van der Waals surface area contributed by atoms with Crippen molar-refractivity contribution in [3.05, 3.63) is 49.2 Å². The largest absolute Gasteiger partial charge is 0.250 e. The smallest absolute Gasteiger partial charge is 0.206 e. The monoisotopic (exact) mass is 427 g/mol. The van der Waals surface area contributed by atoms with Crippen LogP contribution in [0.1, 0.15) is 24.1 Å². The molecule has 0 amide bonds. The first-order valence-corrected chi connectivity index (χ1v) is 9.79. The molecule has 2 aromatic rings. The highest BCUT2D eigenvalue weighted by Gasteiger charge is 2.21. The predicted molar refractivity (Wildman–Crippen MR) is 92.0 cm³/mol. The zero-order valence-electron chi connectivity index (χ0n) is 11.2. The Balaban J connectivity index is 2.25. The van der Waals surface area contributed by atoms with Crippen molar-refractivity contribution in [2.45, 2.75) is 24.1 Å². The number of rotatable bonds is 4. The summed E-state index contributed by atoms with van der Waals surface area (Å²) in [5.74, 6) is 0. The van der Waals surface area contributed by atoms with E-state index in [0.29, 0.717) is 10.0 Å². The van der Waals surface area contributed by atoms with Crippen LogP contribution >= 0.6 is 50.5 Å². The minimum atomic E-state index is -3.57. The zero-order chi connectivity index (χ0) is 15.8. The van der Waals surface area contributed by atoms with E-state index in [-0.39, 0.29) is 4.21 Å². The van der Waals surface area contributed by atoms with Gasteiger partial charge in [0.1, 0.15) is 4.21 Å². The van der Waals surface area contributed by atoms with Gasteiger partial charge in [-0.2, -0.15) is 0 Å². The summed E-state index contributed by atoms with van der Waals surface area (Å²) in [4.78, 5) is 0. The average molecular weight is 429 g/mol. The van der Waals surface area contributed by atoms with Gasteiger partial charge in [-0.05, 0) is 59.1 Å². The van der Waals surface area contributed by atoms with Gasteiger partial charge in [0.25, 0.3) is 10.0 Å². The summed E-state index contributed by atoms with van der Waals surface area (Å²) in [5, 5.41) is 0.836. The van der Waals surface area contributed by atoms with E-state index in [4.69, 9.17) is 23.2 Å². The summed E-state index contributed by atoms with van der Waals surface area (Å²) in [5.41, 5.74) is 1.64. The molecule has 1 aromatic heterocycles. The molecule has 0 bridgehead atoms. The molecule has 2 rings (SSSR count). The van der Waals surface area contributed by atoms with Crippen LogP contribution in [0.4, 0.5) is 0 Å². The molecule has 0 saturated heterocycles. The van der Waals surface area contributed by atoms with Gasteiger partial charge in [0.05, 0.1) is 13.8 Å². The maximum absolute atomic E-state index is 12.4. The summed E-state index contributed by atoms with van der Waals surface area (Å²) in [6, 6.07) is 6.28. The number of hydrogen-bond acceptors (Lipinski definition) is 3. The van der Waals surface area contributed by atoms with Gasteiger partial charge in [0.15, 0.2) is 0 Å². The van der Waals surface area contributed by atoms with Crippen molar-refractivity contribution >= 4 is 60.5 Å². The third kappa shape index (κ3) is 4.00. The lowest BCUT2D eigenvalue weighted by Gasteiger charge is -2.14. The van der Waals surface area contributed by atoms with Gasteiger partial charge >= 0.3 is 0 Å². The molecule has 1 aromatic carbocycles. The summed E-state index contributed by atoms with van der Waals surface area (Å²) in [7, 11) is -3.57. The van der Waals surface area contributed by atoms with Crippen LogP contribution in [0.5, 0.6) is 0 Å². The molecular formula is C13H12BrCl2NO2S2. The van der Waals surface area contributed by atoms with E-state index in [1.54, 1.807) is 31.2 Å². The molecule has 21 heavy (non-hydrogen) atoms. The molecule has 0 aliphatic heterocycles. The molecule has 114 valence electrons. The Morgan fingerprint density at radius 3 is 2.43 bits per heavy atom. The highest BCUT2D eigenvalue weighted by atomic mass is 79.9. The fourth-order valence-corrected chi connectivity index (χ4v) is 5.49. The number of thiophene rings is 1. The van der Waals surface area contributed by atoms with Crippen LogP contribution in [0.25, 0.3) is 0 Å². The van der Waals surface area contributed by atoms with E-state index in [9.17, 15) is 8.42 Å². The predicted octanol–water partition coefficient (Wildman–Crippen LogP) is 5.17. The van der Waals surface area contributed by atoms with Crippen molar-refractivity contribution in [3.63, 3.8) is 0 Å². The molecule has 0 saturated carbocycles. The molecule has 0 aliphatic rings. The number of nitrogens with one attached hydrogen (secondary N) is 1. The van der Waals surface area contributed by atoms with Crippen LogP contribution in [-0.2, 0) is 10.0 Å². The van der Waals surface area contributed by atoms with E-state index >= 15 is 0 Å². The second-order valence-electron chi connectivity index (χ2n) is 4.54. The second kappa shape index (κ2) is 6.56. The van der Waals surface area contributed by atoms with E-state index in [2.05, 4.69) is 20.7 Å². The quantitative estimate of drug-likeness (QED) is 0.730. The van der Waals surface area contributed by atoms with Gasteiger partial charge in [-0.3, -0.25) is 0 Å². The fourth-order valence-electron chi connectivity index (χ4n) is 1.70. The average Bonchev–Trinajstić information content (AvgIpc) is 2.73. The minimum Gasteiger partial charge on any atom is -0.206 e. The molecule has 0 aliphatic carbocycles. The van der Waals surface area contributed by atoms with Crippen LogP contribution in [-0.4, -0.2) is 8.42 Å². The SMILES string of the molecule is Cc1cc(S(=O)(=O)NC(C)c2ccc(Cl)c(Cl)c2)sc1Br. The van der Waals surface area contributed by atoms with Gasteiger partial charge in [-0.1, -0.05) is 29.3 Å². The van der Waals surface area contributed by atoms with Crippen LogP contribution in [0, 0.1) is 6.92 Å². The Hall–Kier alpha value is -0.110. The van der Waals surface area contributed by atoms with Gasteiger partial charge in [-0.15, -0.1) is 11.3 Å². The molecule has 8 heteroatoms. The van der Waals surface area contributed by atoms with E-state index in [1.165, 1.54) is 11.3 Å². The van der Waals surface area contributed by atoms with E-state index < -0.39 is 16.1 Å². The number of hydrogen-bond donors (Lipinski definition) is 1. The lowest BCUT2D eigenvalue weighted by atomic mass is 10.1. The lowest BCUT2D eigenvalue weighted by molar-refractivity contribution is 0.569. The second-order valence-corrected chi connectivity index (χ2v) is 9.66. The maximum Gasteiger partial charge on any atom is 0.250 e. The third-order valence-electron chi connectivity index (χ3n) is 2.88. The van der Waals surface area contributed by atoms with Crippen LogP contribution in [0.2, 0.25) is 10.0 Å². The summed E-state index contributed by atoms with van der Waals surface area (Å²) < 4.78 is 28.4. The van der Waals surface area contributed by atoms with Gasteiger partial charge < -0.3 is 0 Å². The van der Waals surface area contributed by atoms with Gasteiger partial charge in [-0.25, -0.2) is 13.1 Å². The van der Waals surface area contributed by atoms with Gasteiger partial charge in [0.2, 0.25) is 0 Å². The Morgan fingerprint density at radius 2 is 1.90 bits per heavy atom. The first-order chi connectivity index (χ1) is 9.70. The highest BCUT2D eigenvalue weighted by Crippen LogP contribution is 2.32. The molecule has 1 N–H and O–H groups in total. The first kappa shape index (κ1) is 17.2. The number of sulfonamides is 1.